The predicted molar refractivity (Wildman–Crippen MR) is 103 cm³/mol. The number of nitrogens with one attached hydrogen (secondary N) is 1. The number of nitriles is 1. The Kier molecular flexibility index (Phi) is 5.45. The number of aromatic nitrogens is 2. The van der Waals surface area contributed by atoms with Crippen molar-refractivity contribution in [2.24, 2.45) is 0 Å². The molecule has 26 heavy (non-hydrogen) atoms. The summed E-state index contributed by atoms with van der Waals surface area (Å²) in [6.45, 7) is 5.61. The smallest absolute Gasteiger partial charge is 0.258 e. The van der Waals surface area contributed by atoms with Crippen LogP contribution in [-0.2, 0) is 13.1 Å². The molecular weight excluding hydrogens is 324 g/mol. The van der Waals surface area contributed by atoms with Gasteiger partial charge >= 0.3 is 0 Å². The van der Waals surface area contributed by atoms with Crippen molar-refractivity contribution in [1.82, 2.24) is 14.9 Å². The van der Waals surface area contributed by atoms with Gasteiger partial charge in [0.15, 0.2) is 0 Å². The van der Waals surface area contributed by atoms with Gasteiger partial charge in [-0.25, -0.2) is 4.98 Å². The maximum absolute atomic E-state index is 12.3. The highest BCUT2D eigenvalue weighted by molar-refractivity contribution is 5.77. The number of H-pyrrole nitrogens is 1. The Morgan fingerprint density at radius 2 is 1.88 bits per heavy atom. The molecule has 0 saturated heterocycles. The van der Waals surface area contributed by atoms with Crippen molar-refractivity contribution < 1.29 is 0 Å². The molecule has 1 aromatic heterocycles. The van der Waals surface area contributed by atoms with Crippen LogP contribution in [0, 0.1) is 11.3 Å². The highest BCUT2D eigenvalue weighted by atomic mass is 16.1. The molecule has 132 valence electrons. The number of nitrogens with zero attached hydrogens (tertiary/aromatic N) is 3. The maximum Gasteiger partial charge on any atom is 0.258 e. The molecule has 1 heterocycles. The van der Waals surface area contributed by atoms with Crippen LogP contribution < -0.4 is 5.56 Å². The van der Waals surface area contributed by atoms with Gasteiger partial charge in [-0.3, -0.25) is 9.69 Å². The minimum atomic E-state index is -0.104. The summed E-state index contributed by atoms with van der Waals surface area (Å²) in [6, 6.07) is 17.5. The second-order valence-corrected chi connectivity index (χ2v) is 6.50. The average Bonchev–Trinajstić information content (AvgIpc) is 2.67. The Morgan fingerprint density at radius 1 is 1.15 bits per heavy atom. The first-order chi connectivity index (χ1) is 12.6. The maximum atomic E-state index is 12.3. The molecular formula is C21H22N4O. The third-order valence-electron chi connectivity index (χ3n) is 4.70. The van der Waals surface area contributed by atoms with Crippen molar-refractivity contribution in [3.05, 3.63) is 75.8 Å². The monoisotopic (exact) mass is 346 g/mol. The molecule has 1 N–H and O–H groups in total. The van der Waals surface area contributed by atoms with Gasteiger partial charge in [0.05, 0.1) is 29.1 Å². The van der Waals surface area contributed by atoms with E-state index in [1.54, 1.807) is 6.07 Å². The van der Waals surface area contributed by atoms with Crippen LogP contribution in [0.3, 0.4) is 0 Å². The van der Waals surface area contributed by atoms with E-state index in [9.17, 15) is 4.79 Å². The standard InChI is InChI=1S/C21H22N4O/c1-3-15(2)25(13-17-10-8-16(12-22)9-11-17)14-20-23-19-7-5-4-6-18(19)21(26)24-20/h4-11,15H,3,13-14H2,1-2H3,(H,23,24,26)/t15-/m0/s1. The fraction of sp³-hybridized carbons (Fsp3) is 0.286. The molecule has 3 rings (SSSR count). The predicted octanol–water partition coefficient (Wildman–Crippen LogP) is 3.60. The van der Waals surface area contributed by atoms with Crippen LogP contribution in [0.25, 0.3) is 10.9 Å². The third-order valence-corrected chi connectivity index (χ3v) is 4.70. The van der Waals surface area contributed by atoms with E-state index in [-0.39, 0.29) is 5.56 Å². The molecule has 0 spiro atoms. The van der Waals surface area contributed by atoms with Gasteiger partial charge in [0.25, 0.3) is 5.56 Å². The van der Waals surface area contributed by atoms with E-state index in [0.717, 1.165) is 18.5 Å². The molecule has 0 fully saturated rings. The van der Waals surface area contributed by atoms with Crippen LogP contribution in [0.4, 0.5) is 0 Å². The lowest BCUT2D eigenvalue weighted by Crippen LogP contribution is -2.33. The van der Waals surface area contributed by atoms with Crippen LogP contribution in [-0.4, -0.2) is 20.9 Å². The quantitative estimate of drug-likeness (QED) is 0.740. The van der Waals surface area contributed by atoms with Crippen molar-refractivity contribution in [3.8, 4) is 6.07 Å². The average molecular weight is 346 g/mol. The fourth-order valence-electron chi connectivity index (χ4n) is 2.95. The number of hydrogen-bond donors (Lipinski definition) is 1. The molecule has 2 aromatic carbocycles. The molecule has 0 bridgehead atoms. The highest BCUT2D eigenvalue weighted by Crippen LogP contribution is 2.15. The first-order valence-electron chi connectivity index (χ1n) is 8.81. The Morgan fingerprint density at radius 3 is 2.58 bits per heavy atom. The van der Waals surface area contributed by atoms with E-state index < -0.39 is 0 Å². The normalized spacial score (nSPS) is 12.2. The van der Waals surface area contributed by atoms with Crippen LogP contribution in [0.5, 0.6) is 0 Å². The van der Waals surface area contributed by atoms with Crippen molar-refractivity contribution in [2.75, 3.05) is 0 Å². The summed E-state index contributed by atoms with van der Waals surface area (Å²) in [7, 11) is 0. The van der Waals surface area contributed by atoms with Gasteiger partial charge in [-0.15, -0.1) is 0 Å². The van der Waals surface area contributed by atoms with Crippen LogP contribution >= 0.6 is 0 Å². The molecule has 0 amide bonds. The lowest BCUT2D eigenvalue weighted by atomic mass is 10.1. The van der Waals surface area contributed by atoms with E-state index >= 15 is 0 Å². The zero-order valence-corrected chi connectivity index (χ0v) is 15.1. The largest absolute Gasteiger partial charge is 0.309 e. The summed E-state index contributed by atoms with van der Waals surface area (Å²) in [6.07, 6.45) is 0.994. The number of fused-ring (bicyclic) bond motifs is 1. The van der Waals surface area contributed by atoms with Crippen molar-refractivity contribution in [3.63, 3.8) is 0 Å². The SMILES string of the molecule is CC[C@H](C)N(Cc1ccc(C#N)cc1)Cc1nc2ccccc2c(=O)[nH]1. The second-order valence-electron chi connectivity index (χ2n) is 6.50. The van der Waals surface area contributed by atoms with Crippen molar-refractivity contribution in [2.45, 2.75) is 39.4 Å². The summed E-state index contributed by atoms with van der Waals surface area (Å²) in [5, 5.41) is 9.55. The van der Waals surface area contributed by atoms with Gasteiger partial charge in [-0.1, -0.05) is 31.2 Å². The van der Waals surface area contributed by atoms with Gasteiger partial charge < -0.3 is 4.98 Å². The molecule has 5 nitrogen and oxygen atoms in total. The van der Waals surface area contributed by atoms with E-state index in [1.807, 2.05) is 42.5 Å². The summed E-state index contributed by atoms with van der Waals surface area (Å²) in [4.78, 5) is 22.1. The van der Waals surface area contributed by atoms with E-state index in [2.05, 4.69) is 34.8 Å². The Hall–Kier alpha value is -2.97. The lowest BCUT2D eigenvalue weighted by Gasteiger charge is -2.28. The van der Waals surface area contributed by atoms with Crippen LogP contribution in [0.15, 0.2) is 53.3 Å². The van der Waals surface area contributed by atoms with Gasteiger partial charge in [0, 0.05) is 12.6 Å². The second kappa shape index (κ2) is 7.94. The van der Waals surface area contributed by atoms with Gasteiger partial charge in [0.1, 0.15) is 5.82 Å². The minimum absolute atomic E-state index is 0.104. The molecule has 0 saturated carbocycles. The number of aromatic amines is 1. The van der Waals surface area contributed by atoms with E-state index in [0.29, 0.717) is 34.9 Å². The van der Waals surface area contributed by atoms with Crippen molar-refractivity contribution >= 4 is 10.9 Å². The molecule has 0 radical (unpaired) electrons. The number of rotatable bonds is 6. The van der Waals surface area contributed by atoms with E-state index in [4.69, 9.17) is 5.26 Å². The third kappa shape index (κ3) is 3.98. The van der Waals surface area contributed by atoms with Gasteiger partial charge in [0.2, 0.25) is 0 Å². The summed E-state index contributed by atoms with van der Waals surface area (Å²) >= 11 is 0. The zero-order chi connectivity index (χ0) is 18.5. The minimum Gasteiger partial charge on any atom is -0.309 e. The van der Waals surface area contributed by atoms with Crippen molar-refractivity contribution in [1.29, 1.82) is 5.26 Å². The molecule has 0 aliphatic rings. The zero-order valence-electron chi connectivity index (χ0n) is 15.1. The number of hydrogen-bond acceptors (Lipinski definition) is 4. The molecule has 0 aliphatic carbocycles. The molecule has 0 aliphatic heterocycles. The highest BCUT2D eigenvalue weighted by Gasteiger charge is 2.15. The molecule has 5 heteroatoms. The molecule has 3 aromatic rings. The first kappa shape index (κ1) is 17.8. The summed E-state index contributed by atoms with van der Waals surface area (Å²) < 4.78 is 0. The van der Waals surface area contributed by atoms with Gasteiger partial charge in [-0.05, 0) is 43.2 Å². The Labute approximate surface area is 152 Å². The fourth-order valence-corrected chi connectivity index (χ4v) is 2.95. The molecule has 0 unspecified atom stereocenters. The van der Waals surface area contributed by atoms with Crippen LogP contribution in [0.2, 0.25) is 0 Å². The number of para-hydroxylation sites is 1. The lowest BCUT2D eigenvalue weighted by molar-refractivity contribution is 0.181. The Balaban J connectivity index is 1.86. The summed E-state index contributed by atoms with van der Waals surface area (Å²) in [5.41, 5.74) is 2.40. The molecule has 1 atom stereocenters. The summed E-state index contributed by atoms with van der Waals surface area (Å²) in [5.74, 6) is 0.669. The van der Waals surface area contributed by atoms with Gasteiger partial charge in [-0.2, -0.15) is 5.26 Å². The van der Waals surface area contributed by atoms with Crippen LogP contribution in [0.1, 0.15) is 37.2 Å². The Bertz CT molecular complexity index is 985. The van der Waals surface area contributed by atoms with E-state index in [1.165, 1.54) is 0 Å². The first-order valence-corrected chi connectivity index (χ1v) is 8.81. The number of benzene rings is 2. The topological polar surface area (TPSA) is 72.8 Å².